The zero-order chi connectivity index (χ0) is 21.2. The van der Waals surface area contributed by atoms with E-state index in [9.17, 15) is 40.3 Å². The molecule has 0 bridgehead atoms. The van der Waals surface area contributed by atoms with Gasteiger partial charge < -0.3 is 14.8 Å². The largest absolute Gasteiger partial charge is 0.744 e. The number of imide groups is 3. The van der Waals surface area contributed by atoms with Crippen LogP contribution in [0.1, 0.15) is 20.7 Å². The van der Waals surface area contributed by atoms with Crippen LogP contribution in [0.15, 0.2) is 28.0 Å². The number of rotatable bonds is 2. The van der Waals surface area contributed by atoms with Crippen molar-refractivity contribution in [3.05, 3.63) is 29.3 Å². The summed E-state index contributed by atoms with van der Waals surface area (Å²) in [5.74, 6) is 2.23. The minimum Gasteiger partial charge on any atom is -0.744 e. The summed E-state index contributed by atoms with van der Waals surface area (Å²) in [5, 5.41) is -0.832. The molecule has 1 aliphatic rings. The zero-order valence-corrected chi connectivity index (χ0v) is 15.0. The number of nitrogens with zero attached hydrogens (tertiary/aromatic N) is 1. The molecular weight excluding hydrogens is 420 g/mol. The van der Waals surface area contributed by atoms with E-state index >= 15 is 0 Å². The Morgan fingerprint density at radius 3 is 1.96 bits per heavy atom. The van der Waals surface area contributed by atoms with Crippen LogP contribution in [-0.2, 0) is 20.2 Å². The average molecular weight is 428 g/mol. The van der Waals surface area contributed by atoms with Gasteiger partial charge in [-0.15, -0.1) is 0 Å². The lowest BCUT2D eigenvalue weighted by Gasteiger charge is -2.27. The van der Waals surface area contributed by atoms with E-state index in [2.05, 4.69) is 0 Å². The molecule has 0 aliphatic carbocycles. The Bertz CT molecular complexity index is 1290. The van der Waals surface area contributed by atoms with Crippen molar-refractivity contribution in [1.29, 1.82) is 0 Å². The molecule has 2 aromatic rings. The fourth-order valence-corrected chi connectivity index (χ4v) is 3.97. The van der Waals surface area contributed by atoms with E-state index in [-0.39, 0.29) is 10.3 Å². The number of hydrazine groups is 1. The second-order valence-electron chi connectivity index (χ2n) is 5.53. The summed E-state index contributed by atoms with van der Waals surface area (Å²) < 4.78 is 68.7. The van der Waals surface area contributed by atoms with Crippen molar-refractivity contribution >= 4 is 54.5 Å². The van der Waals surface area contributed by atoms with Crippen molar-refractivity contribution in [2.75, 3.05) is 5.73 Å². The van der Waals surface area contributed by atoms with Gasteiger partial charge in [0, 0.05) is 10.8 Å². The average Bonchev–Trinajstić information content (AvgIpc) is 2.58. The molecule has 0 saturated heterocycles. The topological polar surface area (TPSA) is 233 Å². The molecule has 3 rings (SSSR count). The van der Waals surface area contributed by atoms with E-state index in [1.807, 2.05) is 0 Å². The summed E-state index contributed by atoms with van der Waals surface area (Å²) in [4.78, 5) is 34.8. The van der Waals surface area contributed by atoms with Crippen LogP contribution < -0.4 is 17.0 Å². The molecule has 0 unspecified atom stereocenters. The summed E-state index contributed by atoms with van der Waals surface area (Å²) in [6.45, 7) is 0. The van der Waals surface area contributed by atoms with Crippen LogP contribution >= 0.6 is 0 Å². The maximum atomic E-state index is 12.6. The van der Waals surface area contributed by atoms with Gasteiger partial charge in [-0.05, 0) is 18.2 Å². The monoisotopic (exact) mass is 428 g/mol. The van der Waals surface area contributed by atoms with E-state index in [1.165, 1.54) is 5.43 Å². The highest BCUT2D eigenvalue weighted by molar-refractivity contribution is 7.86. The fourth-order valence-electron chi connectivity index (χ4n) is 2.80. The van der Waals surface area contributed by atoms with Crippen LogP contribution in [0.25, 0.3) is 10.8 Å². The lowest BCUT2D eigenvalue weighted by atomic mass is 9.93. The van der Waals surface area contributed by atoms with Crippen LogP contribution in [-0.4, -0.2) is 48.7 Å². The normalized spacial score (nSPS) is 14.5. The lowest BCUT2D eigenvalue weighted by molar-refractivity contribution is 0.0661. The van der Waals surface area contributed by atoms with Crippen molar-refractivity contribution in [3.8, 4) is 0 Å². The van der Waals surface area contributed by atoms with Gasteiger partial charge in [-0.1, -0.05) is 0 Å². The molecule has 0 saturated carbocycles. The fraction of sp³-hybridized carbons (Fsp3) is 0. The molecule has 13 nitrogen and oxygen atoms in total. The van der Waals surface area contributed by atoms with Gasteiger partial charge in [0.15, 0.2) is 0 Å². The number of nitrogens with two attached hydrogens (primary N) is 2. The number of hydrogen-bond acceptors (Lipinski definition) is 11. The first-order valence-electron chi connectivity index (χ1n) is 7.00. The number of carbonyl (C=O) groups excluding carboxylic acids is 3. The molecular formula is C13H8N4O9S2-2. The Morgan fingerprint density at radius 2 is 1.50 bits per heavy atom. The first-order valence-corrected chi connectivity index (χ1v) is 9.82. The van der Waals surface area contributed by atoms with Crippen LogP contribution in [0.4, 0.5) is 10.5 Å². The first kappa shape index (κ1) is 19.6. The molecule has 4 amide bonds. The highest BCUT2D eigenvalue weighted by atomic mass is 32.2. The maximum Gasteiger partial charge on any atom is 0.345 e. The van der Waals surface area contributed by atoms with Gasteiger partial charge >= 0.3 is 6.03 Å². The standard InChI is InChI=1S/C13H10N4O9S2/c14-10-5-1-4(27(21,22)23)2-6-9(5)7(3-8(10)28(24,25)26)12(19)17(11(6)18)13(20)16-15/h1-3H,14-15H2,(H,16,20)(H,21,22,23)(H,24,25,26)/p-2. The minimum absolute atomic E-state index is 0.0459. The number of urea groups is 1. The molecule has 0 spiro atoms. The lowest BCUT2D eigenvalue weighted by Crippen LogP contribution is -2.51. The van der Waals surface area contributed by atoms with Crippen LogP contribution in [0.2, 0.25) is 0 Å². The molecule has 5 N–H and O–H groups in total. The van der Waals surface area contributed by atoms with Crippen molar-refractivity contribution in [1.82, 2.24) is 10.3 Å². The smallest absolute Gasteiger partial charge is 0.345 e. The third-order valence-electron chi connectivity index (χ3n) is 3.96. The summed E-state index contributed by atoms with van der Waals surface area (Å²) in [6.07, 6.45) is 0. The number of hydrogen-bond donors (Lipinski definition) is 3. The number of anilines is 1. The maximum absolute atomic E-state index is 12.6. The molecule has 1 aliphatic heterocycles. The van der Waals surface area contributed by atoms with E-state index in [0.717, 1.165) is 0 Å². The molecule has 0 radical (unpaired) electrons. The van der Waals surface area contributed by atoms with E-state index in [0.29, 0.717) is 18.2 Å². The number of nitrogen functional groups attached to an aromatic ring is 1. The summed E-state index contributed by atoms with van der Waals surface area (Å²) in [6, 6.07) is 0.367. The molecule has 15 heteroatoms. The van der Waals surface area contributed by atoms with E-state index in [4.69, 9.17) is 11.6 Å². The van der Waals surface area contributed by atoms with Gasteiger partial charge in [0.25, 0.3) is 11.8 Å². The van der Waals surface area contributed by atoms with Crippen molar-refractivity contribution in [3.63, 3.8) is 0 Å². The molecule has 2 aromatic carbocycles. The van der Waals surface area contributed by atoms with Crippen molar-refractivity contribution in [2.45, 2.75) is 9.79 Å². The van der Waals surface area contributed by atoms with Crippen LogP contribution in [0, 0.1) is 0 Å². The SMILES string of the molecule is NNC(=O)N1C(=O)c2cc(S(=O)(=O)[O-])cc3c(N)c(S(=O)(=O)[O-])cc(c23)C1=O. The molecule has 0 aromatic heterocycles. The summed E-state index contributed by atoms with van der Waals surface area (Å²) in [7, 11) is -10.4. The molecule has 0 fully saturated rings. The van der Waals surface area contributed by atoms with Gasteiger partial charge in [0.1, 0.15) is 20.2 Å². The van der Waals surface area contributed by atoms with E-state index in [1.54, 1.807) is 0 Å². The van der Waals surface area contributed by atoms with Gasteiger partial charge in [-0.3, -0.25) is 15.0 Å². The molecule has 148 valence electrons. The Balaban J connectivity index is 2.59. The number of nitrogens with one attached hydrogen (secondary N) is 1. The predicted octanol–water partition coefficient (Wildman–Crippen LogP) is -1.59. The summed E-state index contributed by atoms with van der Waals surface area (Å²) in [5.41, 5.74) is 5.18. The van der Waals surface area contributed by atoms with Crippen LogP contribution in [0.5, 0.6) is 0 Å². The number of carbonyl (C=O) groups is 3. The van der Waals surface area contributed by atoms with Crippen molar-refractivity contribution < 1.29 is 40.3 Å². The first-order chi connectivity index (χ1) is 12.8. The quantitative estimate of drug-likeness (QED) is 0.123. The van der Waals surface area contributed by atoms with Gasteiger partial charge in [-0.25, -0.2) is 27.5 Å². The molecule has 28 heavy (non-hydrogen) atoms. The van der Waals surface area contributed by atoms with E-state index < -0.39 is 70.1 Å². The highest BCUT2D eigenvalue weighted by Crippen LogP contribution is 2.38. The third kappa shape index (κ3) is 2.77. The van der Waals surface area contributed by atoms with Gasteiger partial charge in [-0.2, -0.15) is 4.90 Å². The predicted molar refractivity (Wildman–Crippen MR) is 87.5 cm³/mol. The van der Waals surface area contributed by atoms with Gasteiger partial charge in [0.05, 0.1) is 26.6 Å². The Labute approximate surface area is 156 Å². The Morgan fingerprint density at radius 1 is 0.964 bits per heavy atom. The Hall–Kier alpha value is -3.11. The van der Waals surface area contributed by atoms with Gasteiger partial charge in [0.2, 0.25) is 0 Å². The van der Waals surface area contributed by atoms with Crippen molar-refractivity contribution in [2.24, 2.45) is 5.84 Å². The molecule has 0 atom stereocenters. The summed E-state index contributed by atoms with van der Waals surface area (Å²) >= 11 is 0. The number of amides is 4. The second kappa shape index (κ2) is 5.94. The third-order valence-corrected chi connectivity index (χ3v) is 5.65. The minimum atomic E-state index is -5.26. The Kier molecular flexibility index (Phi) is 4.17. The zero-order valence-electron chi connectivity index (χ0n) is 13.3. The highest BCUT2D eigenvalue weighted by Gasteiger charge is 2.39. The van der Waals surface area contributed by atoms with Crippen LogP contribution in [0.3, 0.4) is 0 Å². The second-order valence-corrected chi connectivity index (χ2v) is 8.26. The number of benzene rings is 2. The molecule has 1 heterocycles.